The van der Waals surface area contributed by atoms with Crippen LogP contribution in [0.5, 0.6) is 0 Å². The van der Waals surface area contributed by atoms with E-state index in [9.17, 15) is 24.2 Å². The Morgan fingerprint density at radius 3 is 1.29 bits per heavy atom. The van der Waals surface area contributed by atoms with Crippen molar-refractivity contribution in [3.63, 3.8) is 0 Å². The molecule has 0 rings (SSSR count). The van der Waals surface area contributed by atoms with E-state index in [1.165, 1.54) is 109 Å². The number of esters is 2. The van der Waals surface area contributed by atoms with Crippen LogP contribution in [0.3, 0.4) is 0 Å². The molecular weight excluding hydrogens is 635 g/mol. The molecule has 11 heteroatoms. The van der Waals surface area contributed by atoms with Crippen molar-refractivity contribution in [2.24, 2.45) is 0 Å². The predicted octanol–water partition coefficient (Wildman–Crippen LogP) is 9.50. The molecule has 0 radical (unpaired) electrons. The molecule has 0 aromatic heterocycles. The van der Waals surface area contributed by atoms with Gasteiger partial charge in [0.2, 0.25) is 0 Å². The lowest BCUT2D eigenvalue weighted by atomic mass is 10.0. The SMILES string of the molecule is CCCCCCCCCCCCCCCCCCC(=O)O[C@H](COC(=O)CCCCCCCCCCC)COP(=O)(O)OC[C@@H](O)CO. The van der Waals surface area contributed by atoms with Gasteiger partial charge in [0.05, 0.1) is 19.8 Å². The number of aliphatic hydroxyl groups is 2. The highest BCUT2D eigenvalue weighted by atomic mass is 31.2. The second kappa shape index (κ2) is 34.4. The zero-order valence-electron chi connectivity index (χ0n) is 30.7. The van der Waals surface area contributed by atoms with Gasteiger partial charge in [-0.1, -0.05) is 162 Å². The molecule has 0 fully saturated rings. The molecule has 0 saturated carbocycles. The van der Waals surface area contributed by atoms with E-state index in [-0.39, 0.29) is 19.4 Å². The molecule has 0 bridgehead atoms. The van der Waals surface area contributed by atoms with Crippen LogP contribution in [0.1, 0.15) is 187 Å². The van der Waals surface area contributed by atoms with Crippen LogP contribution in [-0.2, 0) is 32.7 Å². The summed E-state index contributed by atoms with van der Waals surface area (Å²) in [6.45, 7) is 2.37. The van der Waals surface area contributed by atoms with Crippen molar-refractivity contribution in [1.29, 1.82) is 0 Å². The molecule has 0 aliphatic heterocycles. The van der Waals surface area contributed by atoms with Crippen LogP contribution >= 0.6 is 7.82 Å². The van der Waals surface area contributed by atoms with E-state index in [1.807, 2.05) is 0 Å². The van der Waals surface area contributed by atoms with E-state index in [4.69, 9.17) is 19.1 Å². The van der Waals surface area contributed by atoms with Crippen molar-refractivity contribution >= 4 is 19.8 Å². The maximum absolute atomic E-state index is 12.5. The van der Waals surface area contributed by atoms with Crippen molar-refractivity contribution in [2.75, 3.05) is 26.4 Å². The van der Waals surface area contributed by atoms with E-state index >= 15 is 0 Å². The van der Waals surface area contributed by atoms with E-state index in [0.29, 0.717) is 12.8 Å². The van der Waals surface area contributed by atoms with Crippen LogP contribution in [0, 0.1) is 0 Å². The standard InChI is InChI=1S/C37H73O10P/c1-3-5-7-9-11-13-14-15-16-17-18-19-21-23-25-27-29-37(41)47-35(33-46-48(42,43)45-31-34(39)30-38)32-44-36(40)28-26-24-22-20-12-10-8-6-4-2/h34-35,38-39H,3-33H2,1-2H3,(H,42,43)/t34-,35+/m0/s1. The molecule has 0 heterocycles. The summed E-state index contributed by atoms with van der Waals surface area (Å²) in [6.07, 6.45) is 27.9. The monoisotopic (exact) mass is 708 g/mol. The Balaban J connectivity index is 4.28. The minimum Gasteiger partial charge on any atom is -0.462 e. The van der Waals surface area contributed by atoms with Gasteiger partial charge in [0.25, 0.3) is 0 Å². The molecular formula is C37H73O10P. The molecule has 0 spiro atoms. The molecule has 10 nitrogen and oxygen atoms in total. The summed E-state index contributed by atoms with van der Waals surface area (Å²) in [6, 6.07) is 0. The third-order valence-electron chi connectivity index (χ3n) is 8.51. The number of carbonyl (C=O) groups is 2. The van der Waals surface area contributed by atoms with E-state index in [0.717, 1.165) is 38.5 Å². The van der Waals surface area contributed by atoms with Crippen LogP contribution in [0.15, 0.2) is 0 Å². The summed E-state index contributed by atoms with van der Waals surface area (Å²) in [5.74, 6) is -0.917. The van der Waals surface area contributed by atoms with Crippen LogP contribution in [0.2, 0.25) is 0 Å². The first kappa shape index (κ1) is 47.0. The molecule has 0 aliphatic rings. The van der Waals surface area contributed by atoms with Gasteiger partial charge in [-0.15, -0.1) is 0 Å². The molecule has 0 aromatic carbocycles. The number of unbranched alkanes of at least 4 members (excludes halogenated alkanes) is 23. The number of phosphoric acid groups is 1. The Bertz CT molecular complexity index is 781. The average molecular weight is 709 g/mol. The molecule has 0 aliphatic carbocycles. The van der Waals surface area contributed by atoms with Crippen molar-refractivity contribution in [3.8, 4) is 0 Å². The lowest BCUT2D eigenvalue weighted by Crippen LogP contribution is -2.29. The fourth-order valence-corrected chi connectivity index (χ4v) is 6.25. The average Bonchev–Trinajstić information content (AvgIpc) is 3.07. The number of carbonyl (C=O) groups excluding carboxylic acids is 2. The second-order valence-corrected chi connectivity index (χ2v) is 14.8. The van der Waals surface area contributed by atoms with Gasteiger partial charge in [0.1, 0.15) is 12.7 Å². The zero-order valence-corrected chi connectivity index (χ0v) is 31.6. The first-order chi connectivity index (χ1) is 23.2. The molecule has 0 saturated heterocycles. The highest BCUT2D eigenvalue weighted by Gasteiger charge is 2.27. The normalized spacial score (nSPS) is 14.0. The third kappa shape index (κ3) is 33.5. The Morgan fingerprint density at radius 2 is 0.896 bits per heavy atom. The van der Waals surface area contributed by atoms with Gasteiger partial charge >= 0.3 is 19.8 Å². The highest BCUT2D eigenvalue weighted by Crippen LogP contribution is 2.43. The molecule has 1 unspecified atom stereocenters. The summed E-state index contributed by atoms with van der Waals surface area (Å²) in [7, 11) is -4.60. The Hall–Kier alpha value is -1.03. The van der Waals surface area contributed by atoms with Crippen LogP contribution in [0.4, 0.5) is 0 Å². The van der Waals surface area contributed by atoms with E-state index in [1.54, 1.807) is 0 Å². The van der Waals surface area contributed by atoms with E-state index < -0.39 is 51.8 Å². The van der Waals surface area contributed by atoms with Gasteiger partial charge in [-0.25, -0.2) is 4.57 Å². The van der Waals surface area contributed by atoms with E-state index in [2.05, 4.69) is 18.4 Å². The van der Waals surface area contributed by atoms with Crippen molar-refractivity contribution < 1.29 is 47.8 Å². The Morgan fingerprint density at radius 1 is 0.542 bits per heavy atom. The van der Waals surface area contributed by atoms with Gasteiger partial charge in [0, 0.05) is 12.8 Å². The number of phosphoric ester groups is 1. The number of ether oxygens (including phenoxy) is 2. The van der Waals surface area contributed by atoms with Crippen molar-refractivity contribution in [2.45, 2.75) is 199 Å². The van der Waals surface area contributed by atoms with Gasteiger partial charge in [-0.2, -0.15) is 0 Å². The molecule has 0 amide bonds. The fraction of sp³-hybridized carbons (Fsp3) is 0.946. The summed E-state index contributed by atoms with van der Waals surface area (Å²) in [4.78, 5) is 34.7. The molecule has 48 heavy (non-hydrogen) atoms. The van der Waals surface area contributed by atoms with Crippen LogP contribution < -0.4 is 0 Å². The van der Waals surface area contributed by atoms with Gasteiger partial charge in [0.15, 0.2) is 6.10 Å². The summed E-state index contributed by atoms with van der Waals surface area (Å²) < 4.78 is 32.5. The maximum Gasteiger partial charge on any atom is 0.472 e. The number of rotatable bonds is 37. The maximum atomic E-state index is 12.5. The van der Waals surface area contributed by atoms with Crippen molar-refractivity contribution in [3.05, 3.63) is 0 Å². The summed E-state index contributed by atoms with van der Waals surface area (Å²) in [5.41, 5.74) is 0. The number of aliphatic hydroxyl groups excluding tert-OH is 2. The highest BCUT2D eigenvalue weighted by molar-refractivity contribution is 7.47. The topological polar surface area (TPSA) is 149 Å². The molecule has 3 atom stereocenters. The molecule has 3 N–H and O–H groups in total. The Kier molecular flexibility index (Phi) is 33.7. The van der Waals surface area contributed by atoms with Gasteiger partial charge in [-0.05, 0) is 12.8 Å². The summed E-state index contributed by atoms with van der Waals surface area (Å²) >= 11 is 0. The van der Waals surface area contributed by atoms with Crippen LogP contribution in [0.25, 0.3) is 0 Å². The minimum absolute atomic E-state index is 0.192. The number of hydrogen-bond acceptors (Lipinski definition) is 9. The van der Waals surface area contributed by atoms with Crippen LogP contribution in [-0.4, -0.2) is 65.7 Å². The minimum atomic E-state index is -4.60. The van der Waals surface area contributed by atoms with Gasteiger partial charge in [-0.3, -0.25) is 18.6 Å². The predicted molar refractivity (Wildman–Crippen MR) is 192 cm³/mol. The smallest absolute Gasteiger partial charge is 0.462 e. The quantitative estimate of drug-likeness (QED) is 0.0324. The van der Waals surface area contributed by atoms with Gasteiger partial charge < -0.3 is 24.6 Å². The third-order valence-corrected chi connectivity index (χ3v) is 9.46. The first-order valence-electron chi connectivity index (χ1n) is 19.5. The lowest BCUT2D eigenvalue weighted by Gasteiger charge is -2.20. The molecule has 286 valence electrons. The number of hydrogen-bond donors (Lipinski definition) is 3. The van der Waals surface area contributed by atoms with Crippen molar-refractivity contribution in [1.82, 2.24) is 0 Å². The molecule has 0 aromatic rings. The lowest BCUT2D eigenvalue weighted by molar-refractivity contribution is -0.161. The largest absolute Gasteiger partial charge is 0.472 e. The second-order valence-electron chi connectivity index (χ2n) is 13.3. The zero-order chi connectivity index (χ0) is 35.6. The summed E-state index contributed by atoms with van der Waals surface area (Å²) in [5, 5.41) is 18.2. The first-order valence-corrected chi connectivity index (χ1v) is 21.0. The Labute approximate surface area is 293 Å². The fourth-order valence-electron chi connectivity index (χ4n) is 5.46.